The van der Waals surface area contributed by atoms with Crippen LogP contribution >= 0.6 is 11.3 Å². The minimum absolute atomic E-state index is 0.826. The third kappa shape index (κ3) is 1.60. The molecular formula is C8H7N3S. The molecule has 2 aromatic heterocycles. The van der Waals surface area contributed by atoms with Crippen molar-refractivity contribution < 1.29 is 0 Å². The summed E-state index contributed by atoms with van der Waals surface area (Å²) in [5.41, 5.74) is 0. The van der Waals surface area contributed by atoms with Crippen LogP contribution in [0.2, 0.25) is 0 Å². The van der Waals surface area contributed by atoms with Crippen molar-refractivity contribution in [3.63, 3.8) is 0 Å². The molecule has 0 unspecified atom stereocenters. The van der Waals surface area contributed by atoms with Crippen LogP contribution in [0.15, 0.2) is 36.1 Å². The van der Waals surface area contributed by atoms with E-state index in [1.54, 1.807) is 17.5 Å². The lowest BCUT2D eigenvalue weighted by molar-refractivity contribution is 1.17. The van der Waals surface area contributed by atoms with Crippen LogP contribution in [-0.4, -0.2) is 9.97 Å². The van der Waals surface area contributed by atoms with Crippen molar-refractivity contribution in [1.29, 1.82) is 0 Å². The zero-order chi connectivity index (χ0) is 8.23. The highest BCUT2D eigenvalue weighted by molar-refractivity contribution is 7.14. The normalized spacial score (nSPS) is 9.67. The molecule has 60 valence electrons. The maximum Gasteiger partial charge on any atom is 0.134 e. The Morgan fingerprint density at radius 3 is 3.00 bits per heavy atom. The first-order valence-electron chi connectivity index (χ1n) is 3.52. The summed E-state index contributed by atoms with van der Waals surface area (Å²) in [6, 6.07) is 5.83. The molecule has 3 nitrogen and oxygen atoms in total. The lowest BCUT2D eigenvalue weighted by Gasteiger charge is -1.99. The Morgan fingerprint density at radius 1 is 1.33 bits per heavy atom. The van der Waals surface area contributed by atoms with Gasteiger partial charge in [0.05, 0.1) is 5.00 Å². The highest BCUT2D eigenvalue weighted by atomic mass is 32.1. The van der Waals surface area contributed by atoms with Crippen LogP contribution in [0, 0.1) is 0 Å². The number of anilines is 2. The SMILES string of the molecule is c1csc(Nc2ccncn2)c1. The standard InChI is InChI=1S/C8H7N3S/c1-2-8(12-5-1)11-7-3-4-9-6-10-7/h1-6H,(H,9,10,11). The fourth-order valence-electron chi connectivity index (χ4n) is 0.841. The first-order valence-corrected chi connectivity index (χ1v) is 4.40. The Morgan fingerprint density at radius 2 is 2.33 bits per heavy atom. The van der Waals surface area contributed by atoms with Gasteiger partial charge in [0, 0.05) is 6.20 Å². The molecule has 0 bridgehead atoms. The number of hydrogen-bond acceptors (Lipinski definition) is 4. The molecule has 0 saturated carbocycles. The van der Waals surface area contributed by atoms with Crippen molar-refractivity contribution in [2.45, 2.75) is 0 Å². The van der Waals surface area contributed by atoms with Gasteiger partial charge in [0.1, 0.15) is 12.1 Å². The molecule has 0 spiro atoms. The van der Waals surface area contributed by atoms with Crippen LogP contribution in [0.3, 0.4) is 0 Å². The van der Waals surface area contributed by atoms with Gasteiger partial charge in [-0.15, -0.1) is 11.3 Å². The number of rotatable bonds is 2. The molecule has 12 heavy (non-hydrogen) atoms. The lowest BCUT2D eigenvalue weighted by Crippen LogP contribution is -1.90. The van der Waals surface area contributed by atoms with Gasteiger partial charge in [-0.25, -0.2) is 9.97 Å². The van der Waals surface area contributed by atoms with Crippen LogP contribution in [0.5, 0.6) is 0 Å². The molecule has 0 aliphatic carbocycles. The number of aromatic nitrogens is 2. The highest BCUT2D eigenvalue weighted by Gasteiger charge is 1.93. The minimum Gasteiger partial charge on any atom is -0.332 e. The predicted octanol–water partition coefficient (Wildman–Crippen LogP) is 2.28. The second-order valence-electron chi connectivity index (χ2n) is 2.20. The largest absolute Gasteiger partial charge is 0.332 e. The Kier molecular flexibility index (Phi) is 2.00. The summed E-state index contributed by atoms with van der Waals surface area (Å²) in [5, 5.41) is 6.26. The second kappa shape index (κ2) is 3.32. The minimum atomic E-state index is 0.826. The average Bonchev–Trinajstić information content (AvgIpc) is 2.59. The van der Waals surface area contributed by atoms with Crippen molar-refractivity contribution in [1.82, 2.24) is 9.97 Å². The van der Waals surface area contributed by atoms with Gasteiger partial charge >= 0.3 is 0 Å². The third-order valence-corrected chi connectivity index (χ3v) is 2.14. The van der Waals surface area contributed by atoms with E-state index in [-0.39, 0.29) is 0 Å². The summed E-state index contributed by atoms with van der Waals surface area (Å²) in [4.78, 5) is 7.87. The molecule has 0 aliphatic heterocycles. The lowest BCUT2D eigenvalue weighted by atomic mass is 10.5. The Hall–Kier alpha value is -1.42. The summed E-state index contributed by atoms with van der Waals surface area (Å²) in [6.45, 7) is 0. The van der Waals surface area contributed by atoms with Crippen molar-refractivity contribution in [3.05, 3.63) is 36.1 Å². The van der Waals surface area contributed by atoms with E-state index < -0.39 is 0 Å². The van der Waals surface area contributed by atoms with Gasteiger partial charge in [-0.1, -0.05) is 0 Å². The third-order valence-electron chi connectivity index (χ3n) is 1.35. The molecular weight excluding hydrogens is 170 g/mol. The van der Waals surface area contributed by atoms with E-state index >= 15 is 0 Å². The quantitative estimate of drug-likeness (QED) is 0.764. The molecule has 0 radical (unpaired) electrons. The van der Waals surface area contributed by atoms with Crippen molar-refractivity contribution in [3.8, 4) is 0 Å². The van der Waals surface area contributed by atoms with Gasteiger partial charge < -0.3 is 5.32 Å². The molecule has 0 aliphatic rings. The van der Waals surface area contributed by atoms with E-state index in [1.165, 1.54) is 6.33 Å². The van der Waals surface area contributed by atoms with Gasteiger partial charge in [0.25, 0.3) is 0 Å². The van der Waals surface area contributed by atoms with Crippen molar-refractivity contribution in [2.75, 3.05) is 5.32 Å². The molecule has 0 amide bonds. The summed E-state index contributed by atoms with van der Waals surface area (Å²) in [6.07, 6.45) is 3.24. The van der Waals surface area contributed by atoms with Gasteiger partial charge in [0.15, 0.2) is 0 Å². The highest BCUT2D eigenvalue weighted by Crippen LogP contribution is 2.18. The maximum atomic E-state index is 4.04. The Labute approximate surface area is 74.1 Å². The summed E-state index contributed by atoms with van der Waals surface area (Å²) in [7, 11) is 0. The molecule has 1 N–H and O–H groups in total. The van der Waals surface area contributed by atoms with Gasteiger partial charge in [-0.2, -0.15) is 0 Å². The van der Waals surface area contributed by atoms with E-state index in [0.29, 0.717) is 0 Å². The first-order chi connectivity index (χ1) is 5.95. The Bertz CT molecular complexity index is 330. The van der Waals surface area contributed by atoms with Crippen LogP contribution in [-0.2, 0) is 0 Å². The number of hydrogen-bond donors (Lipinski definition) is 1. The van der Waals surface area contributed by atoms with Gasteiger partial charge in [-0.3, -0.25) is 0 Å². The van der Waals surface area contributed by atoms with Crippen LogP contribution in [0.1, 0.15) is 0 Å². The molecule has 2 rings (SSSR count). The second-order valence-corrected chi connectivity index (χ2v) is 3.14. The summed E-state index contributed by atoms with van der Waals surface area (Å²) in [5.74, 6) is 0.826. The van der Waals surface area contributed by atoms with Crippen molar-refractivity contribution >= 4 is 22.2 Å². The molecule has 0 atom stereocenters. The monoisotopic (exact) mass is 177 g/mol. The fourth-order valence-corrected chi connectivity index (χ4v) is 1.46. The van der Waals surface area contributed by atoms with Crippen LogP contribution in [0.4, 0.5) is 10.8 Å². The van der Waals surface area contributed by atoms with E-state index in [1.807, 2.05) is 23.6 Å². The zero-order valence-corrected chi connectivity index (χ0v) is 7.08. The van der Waals surface area contributed by atoms with E-state index in [0.717, 1.165) is 10.8 Å². The average molecular weight is 177 g/mol. The number of nitrogens with zero attached hydrogens (tertiary/aromatic N) is 2. The smallest absolute Gasteiger partial charge is 0.134 e. The van der Waals surface area contributed by atoms with Crippen LogP contribution < -0.4 is 5.32 Å². The Balaban J connectivity index is 2.15. The molecule has 2 aromatic rings. The topological polar surface area (TPSA) is 37.8 Å². The number of nitrogens with one attached hydrogen (secondary N) is 1. The van der Waals surface area contributed by atoms with Gasteiger partial charge in [-0.05, 0) is 23.6 Å². The number of thiophene rings is 1. The molecule has 0 aromatic carbocycles. The predicted molar refractivity (Wildman–Crippen MR) is 49.6 cm³/mol. The van der Waals surface area contributed by atoms with E-state index in [2.05, 4.69) is 15.3 Å². The van der Waals surface area contributed by atoms with Gasteiger partial charge in [0.2, 0.25) is 0 Å². The summed E-state index contributed by atoms with van der Waals surface area (Å²) < 4.78 is 0. The van der Waals surface area contributed by atoms with E-state index in [4.69, 9.17) is 0 Å². The molecule has 2 heterocycles. The molecule has 0 fully saturated rings. The first kappa shape index (κ1) is 7.24. The molecule has 0 saturated heterocycles. The fraction of sp³-hybridized carbons (Fsp3) is 0. The molecule has 4 heteroatoms. The van der Waals surface area contributed by atoms with E-state index in [9.17, 15) is 0 Å². The maximum absolute atomic E-state index is 4.04. The van der Waals surface area contributed by atoms with Crippen molar-refractivity contribution in [2.24, 2.45) is 0 Å². The van der Waals surface area contributed by atoms with Crippen LogP contribution in [0.25, 0.3) is 0 Å². The zero-order valence-electron chi connectivity index (χ0n) is 6.27. The summed E-state index contributed by atoms with van der Waals surface area (Å²) >= 11 is 1.65.